The van der Waals surface area contributed by atoms with Gasteiger partial charge in [-0.1, -0.05) is 43.7 Å². The fraction of sp³-hybridized carbons (Fsp3) is 0.308. The first-order valence-electron chi connectivity index (χ1n) is 4.84. The molecule has 1 rings (SSSR count). The van der Waals surface area contributed by atoms with Crippen LogP contribution >= 0.6 is 0 Å². The molecule has 0 heteroatoms. The molecule has 68 valence electrons. The fourth-order valence-electron chi connectivity index (χ4n) is 1.36. The van der Waals surface area contributed by atoms with Crippen LogP contribution < -0.4 is 0 Å². The largest absolute Gasteiger partial charge is 0.121 e. The summed E-state index contributed by atoms with van der Waals surface area (Å²) in [6, 6.07) is 10.5. The number of hydrogen-bond donors (Lipinski definition) is 0. The van der Waals surface area contributed by atoms with E-state index < -0.39 is 0 Å². The quantitative estimate of drug-likeness (QED) is 0.603. The van der Waals surface area contributed by atoms with Crippen molar-refractivity contribution in [3.63, 3.8) is 0 Å². The summed E-state index contributed by atoms with van der Waals surface area (Å²) < 4.78 is 0. The Hall–Kier alpha value is -1.26. The molecular formula is C13H16. The molecule has 1 aromatic rings. The van der Waals surface area contributed by atoms with Crippen molar-refractivity contribution in [3.05, 3.63) is 47.7 Å². The van der Waals surface area contributed by atoms with Crippen LogP contribution in [0.1, 0.15) is 32.3 Å². The Bertz CT molecular complexity index is 300. The summed E-state index contributed by atoms with van der Waals surface area (Å²) in [7, 11) is 0. The first-order valence-corrected chi connectivity index (χ1v) is 4.84. The van der Waals surface area contributed by atoms with E-state index in [-0.39, 0.29) is 0 Å². The summed E-state index contributed by atoms with van der Waals surface area (Å²) in [5, 5.41) is 0. The average molecular weight is 172 g/mol. The second-order valence-corrected chi connectivity index (χ2v) is 3.03. The maximum Gasteiger partial charge on any atom is 0.000846 e. The first-order chi connectivity index (χ1) is 6.38. The average Bonchev–Trinajstić information content (AvgIpc) is 2.19. The Morgan fingerprint density at radius 2 is 2.00 bits per heavy atom. The Morgan fingerprint density at radius 3 is 2.54 bits per heavy atom. The highest BCUT2D eigenvalue weighted by molar-refractivity contribution is 5.64. The van der Waals surface area contributed by atoms with E-state index in [9.17, 15) is 0 Å². The van der Waals surface area contributed by atoms with Crippen LogP contribution in [-0.4, -0.2) is 0 Å². The van der Waals surface area contributed by atoms with Crippen LogP contribution in [0.2, 0.25) is 0 Å². The summed E-state index contributed by atoms with van der Waals surface area (Å²) >= 11 is 0. The summed E-state index contributed by atoms with van der Waals surface area (Å²) in [5.74, 6) is 0. The van der Waals surface area contributed by atoms with E-state index in [1.165, 1.54) is 17.6 Å². The van der Waals surface area contributed by atoms with Crippen molar-refractivity contribution in [2.24, 2.45) is 0 Å². The molecule has 0 aromatic heterocycles. The van der Waals surface area contributed by atoms with Crippen molar-refractivity contribution in [3.8, 4) is 0 Å². The lowest BCUT2D eigenvalue weighted by Crippen LogP contribution is -1.81. The van der Waals surface area contributed by atoms with E-state index >= 15 is 0 Å². The Balaban J connectivity index is 2.97. The standard InChI is InChI=1S/C13H16/c1-3-8-12(9-4-2)13-10-6-5-7-11-13/h3,5-7,10-11H,4,9H2,1-2H3. The maximum atomic E-state index is 3.29. The van der Waals surface area contributed by atoms with Crippen molar-refractivity contribution in [1.29, 1.82) is 0 Å². The normalized spacial score (nSPS) is 9.08. The van der Waals surface area contributed by atoms with Crippen LogP contribution in [0, 0.1) is 0 Å². The van der Waals surface area contributed by atoms with Gasteiger partial charge in [-0.05, 0) is 25.0 Å². The molecule has 0 unspecified atom stereocenters. The van der Waals surface area contributed by atoms with Crippen molar-refractivity contribution < 1.29 is 0 Å². The van der Waals surface area contributed by atoms with E-state index in [0.717, 1.165) is 6.42 Å². The summed E-state index contributed by atoms with van der Waals surface area (Å²) in [5.41, 5.74) is 5.90. The number of rotatable bonds is 3. The van der Waals surface area contributed by atoms with Gasteiger partial charge in [0.2, 0.25) is 0 Å². The molecule has 0 fully saturated rings. The molecule has 0 bridgehead atoms. The third-order valence-corrected chi connectivity index (χ3v) is 1.94. The molecule has 0 aliphatic heterocycles. The van der Waals surface area contributed by atoms with Crippen LogP contribution in [-0.2, 0) is 0 Å². The van der Waals surface area contributed by atoms with Gasteiger partial charge in [0.25, 0.3) is 0 Å². The lowest BCUT2D eigenvalue weighted by Gasteiger charge is -2.02. The van der Waals surface area contributed by atoms with Crippen LogP contribution in [0.4, 0.5) is 0 Å². The molecular weight excluding hydrogens is 156 g/mol. The zero-order chi connectivity index (χ0) is 9.52. The fourth-order valence-corrected chi connectivity index (χ4v) is 1.36. The third kappa shape index (κ3) is 2.93. The molecule has 0 atom stereocenters. The second kappa shape index (κ2) is 5.40. The number of allylic oxidation sites excluding steroid dienone is 1. The lowest BCUT2D eigenvalue weighted by molar-refractivity contribution is 0.974. The molecule has 1 aromatic carbocycles. The van der Waals surface area contributed by atoms with Crippen molar-refractivity contribution in [2.75, 3.05) is 0 Å². The molecule has 0 nitrogen and oxygen atoms in total. The highest BCUT2D eigenvalue weighted by Gasteiger charge is 1.96. The highest BCUT2D eigenvalue weighted by Crippen LogP contribution is 2.17. The van der Waals surface area contributed by atoms with E-state index in [2.05, 4.69) is 36.9 Å². The molecule has 0 saturated carbocycles. The van der Waals surface area contributed by atoms with Gasteiger partial charge in [0.05, 0.1) is 0 Å². The minimum Gasteiger partial charge on any atom is -0.121 e. The smallest absolute Gasteiger partial charge is 0.000846 e. The van der Waals surface area contributed by atoms with Crippen molar-refractivity contribution in [2.45, 2.75) is 26.7 Å². The van der Waals surface area contributed by atoms with Gasteiger partial charge in [0, 0.05) is 5.57 Å². The Kier molecular flexibility index (Phi) is 4.08. The minimum absolute atomic E-state index is 1.11. The number of benzene rings is 1. The molecule has 0 spiro atoms. The van der Waals surface area contributed by atoms with Crippen LogP contribution in [0.5, 0.6) is 0 Å². The van der Waals surface area contributed by atoms with Crippen molar-refractivity contribution >= 4 is 5.57 Å². The molecule has 0 saturated heterocycles. The van der Waals surface area contributed by atoms with E-state index in [4.69, 9.17) is 0 Å². The van der Waals surface area contributed by atoms with E-state index in [1.807, 2.05) is 19.1 Å². The predicted molar refractivity (Wildman–Crippen MR) is 58.5 cm³/mol. The van der Waals surface area contributed by atoms with Crippen molar-refractivity contribution in [1.82, 2.24) is 0 Å². The molecule has 0 aliphatic carbocycles. The third-order valence-electron chi connectivity index (χ3n) is 1.94. The SMILES string of the molecule is CC=C=C(CCC)c1ccccc1. The maximum absolute atomic E-state index is 3.29. The van der Waals surface area contributed by atoms with Gasteiger partial charge >= 0.3 is 0 Å². The zero-order valence-corrected chi connectivity index (χ0v) is 8.38. The zero-order valence-electron chi connectivity index (χ0n) is 8.38. The second-order valence-electron chi connectivity index (χ2n) is 3.03. The molecule has 0 heterocycles. The van der Waals surface area contributed by atoms with Crippen LogP contribution in [0.3, 0.4) is 0 Å². The van der Waals surface area contributed by atoms with Gasteiger partial charge in [0.1, 0.15) is 0 Å². The summed E-state index contributed by atoms with van der Waals surface area (Å²) in [6.07, 6.45) is 4.26. The Labute approximate surface area is 80.6 Å². The van der Waals surface area contributed by atoms with E-state index in [1.54, 1.807) is 0 Å². The predicted octanol–water partition coefficient (Wildman–Crippen LogP) is 4.05. The molecule has 13 heavy (non-hydrogen) atoms. The summed E-state index contributed by atoms with van der Waals surface area (Å²) in [6.45, 7) is 4.21. The lowest BCUT2D eigenvalue weighted by atomic mass is 10.0. The molecule has 0 aliphatic rings. The molecule has 0 radical (unpaired) electrons. The first kappa shape index (κ1) is 9.83. The molecule has 0 N–H and O–H groups in total. The van der Waals surface area contributed by atoms with E-state index in [0.29, 0.717) is 0 Å². The Morgan fingerprint density at radius 1 is 1.31 bits per heavy atom. The highest BCUT2D eigenvalue weighted by atomic mass is 14.0. The van der Waals surface area contributed by atoms with Gasteiger partial charge in [-0.15, -0.1) is 5.73 Å². The number of hydrogen-bond acceptors (Lipinski definition) is 0. The summed E-state index contributed by atoms with van der Waals surface area (Å²) in [4.78, 5) is 0. The monoisotopic (exact) mass is 172 g/mol. The van der Waals surface area contributed by atoms with Gasteiger partial charge in [0.15, 0.2) is 0 Å². The molecule has 0 amide bonds. The van der Waals surface area contributed by atoms with Crippen LogP contribution in [0.15, 0.2) is 42.1 Å². The minimum atomic E-state index is 1.11. The van der Waals surface area contributed by atoms with Gasteiger partial charge < -0.3 is 0 Å². The van der Waals surface area contributed by atoms with Gasteiger partial charge in [-0.25, -0.2) is 0 Å². The topological polar surface area (TPSA) is 0 Å². The van der Waals surface area contributed by atoms with Crippen LogP contribution in [0.25, 0.3) is 5.57 Å². The van der Waals surface area contributed by atoms with Gasteiger partial charge in [-0.3, -0.25) is 0 Å². The van der Waals surface area contributed by atoms with Gasteiger partial charge in [-0.2, -0.15) is 0 Å².